The van der Waals surface area contributed by atoms with Crippen LogP contribution in [0, 0.1) is 0 Å². The van der Waals surface area contributed by atoms with Crippen molar-refractivity contribution in [2.75, 3.05) is 0 Å². The van der Waals surface area contributed by atoms with E-state index in [0.717, 1.165) is 0 Å². The van der Waals surface area contributed by atoms with Crippen molar-refractivity contribution in [2.24, 2.45) is 5.84 Å². The van der Waals surface area contributed by atoms with Gasteiger partial charge in [-0.05, 0) is 30.3 Å². The lowest BCUT2D eigenvalue weighted by Gasteiger charge is -2.36. The maximum atomic E-state index is 13.0. The number of benzene rings is 3. The molecule has 8 heteroatoms. The number of amides is 1. The molecule has 2 heterocycles. The lowest BCUT2D eigenvalue weighted by atomic mass is 9.77. The lowest BCUT2D eigenvalue weighted by Crippen LogP contribution is -2.33. The first-order valence-corrected chi connectivity index (χ1v) is 8.68. The number of rotatable bonds is 1. The van der Waals surface area contributed by atoms with E-state index in [1.54, 1.807) is 24.3 Å². The zero-order valence-electron chi connectivity index (χ0n) is 14.8. The summed E-state index contributed by atoms with van der Waals surface area (Å²) in [6.45, 7) is 0. The Bertz CT molecular complexity index is 1170. The predicted molar refractivity (Wildman–Crippen MR) is 99.7 cm³/mol. The molecule has 144 valence electrons. The zero-order chi connectivity index (χ0) is 20.3. The average Bonchev–Trinajstić information content (AvgIpc) is 3.00. The highest BCUT2D eigenvalue weighted by atomic mass is 16.6. The maximum Gasteiger partial charge on any atom is 0.340 e. The first kappa shape index (κ1) is 17.1. The summed E-state index contributed by atoms with van der Waals surface area (Å²) in [5, 5.41) is 19.8. The maximum absolute atomic E-state index is 13.0. The van der Waals surface area contributed by atoms with E-state index in [-0.39, 0.29) is 34.1 Å². The molecule has 2 aliphatic heterocycles. The molecule has 2 aliphatic rings. The number of esters is 1. The summed E-state index contributed by atoms with van der Waals surface area (Å²) in [5.74, 6) is 4.40. The van der Waals surface area contributed by atoms with Gasteiger partial charge in [0.25, 0.3) is 5.91 Å². The average molecular weight is 390 g/mol. The van der Waals surface area contributed by atoms with Crippen molar-refractivity contribution in [1.29, 1.82) is 0 Å². The van der Waals surface area contributed by atoms with Crippen LogP contribution in [0.1, 0.15) is 37.4 Å². The number of ether oxygens (including phenoxy) is 2. The molecule has 3 aromatic rings. The largest absolute Gasteiger partial charge is 0.508 e. The fraction of sp³-hybridized carbons (Fsp3) is 0.0476. The summed E-state index contributed by atoms with van der Waals surface area (Å²) in [6, 6.07) is 13.7. The highest BCUT2D eigenvalue weighted by Gasteiger charge is 2.54. The topological polar surface area (TPSA) is 131 Å². The molecule has 0 aliphatic carbocycles. The molecule has 5 N–H and O–H groups in total. The van der Waals surface area contributed by atoms with Crippen molar-refractivity contribution in [1.82, 2.24) is 5.43 Å². The molecule has 0 fully saturated rings. The third-order valence-corrected chi connectivity index (χ3v) is 5.18. The van der Waals surface area contributed by atoms with Crippen LogP contribution < -0.4 is 16.0 Å². The Hall–Kier alpha value is -4.04. The lowest BCUT2D eigenvalue weighted by molar-refractivity contribution is 0.0223. The third-order valence-electron chi connectivity index (χ3n) is 5.18. The molecule has 1 spiro atoms. The summed E-state index contributed by atoms with van der Waals surface area (Å²) >= 11 is 0. The van der Waals surface area contributed by atoms with Gasteiger partial charge >= 0.3 is 5.97 Å². The van der Waals surface area contributed by atoms with Crippen LogP contribution in [-0.4, -0.2) is 22.1 Å². The smallest absolute Gasteiger partial charge is 0.340 e. The number of carbonyl (C=O) groups excluding carboxylic acids is 2. The minimum absolute atomic E-state index is 0.0386. The van der Waals surface area contributed by atoms with E-state index in [2.05, 4.69) is 0 Å². The summed E-state index contributed by atoms with van der Waals surface area (Å²) in [6.07, 6.45) is 0. The van der Waals surface area contributed by atoms with Crippen LogP contribution in [0.5, 0.6) is 23.0 Å². The second-order valence-electron chi connectivity index (χ2n) is 6.74. The molecular formula is C21H14N2O6. The molecule has 0 radical (unpaired) electrons. The molecule has 0 unspecified atom stereocenters. The fourth-order valence-electron chi connectivity index (χ4n) is 4.01. The van der Waals surface area contributed by atoms with E-state index in [1.807, 2.05) is 5.43 Å². The number of nitrogen functional groups attached to an aromatic ring is 1. The van der Waals surface area contributed by atoms with E-state index in [1.165, 1.54) is 30.3 Å². The van der Waals surface area contributed by atoms with Gasteiger partial charge in [-0.1, -0.05) is 12.1 Å². The minimum atomic E-state index is -1.42. The Labute approximate surface area is 164 Å². The number of carbonyl (C=O) groups is 2. The van der Waals surface area contributed by atoms with Crippen molar-refractivity contribution in [2.45, 2.75) is 5.60 Å². The van der Waals surface area contributed by atoms with Crippen LogP contribution in [0.2, 0.25) is 0 Å². The molecule has 29 heavy (non-hydrogen) atoms. The number of nitrogens with one attached hydrogen (secondary N) is 1. The van der Waals surface area contributed by atoms with E-state index in [9.17, 15) is 19.8 Å². The van der Waals surface area contributed by atoms with E-state index >= 15 is 0 Å². The number of aromatic hydroxyl groups is 2. The molecule has 0 saturated heterocycles. The van der Waals surface area contributed by atoms with Crippen LogP contribution >= 0.6 is 0 Å². The van der Waals surface area contributed by atoms with Crippen LogP contribution in [0.25, 0.3) is 0 Å². The molecule has 0 atom stereocenters. The number of phenolic OH excluding ortho intramolecular Hbond substituents is 2. The van der Waals surface area contributed by atoms with Gasteiger partial charge in [0.2, 0.25) is 0 Å². The molecule has 0 aromatic heterocycles. The molecule has 3 aromatic carbocycles. The fourth-order valence-corrected chi connectivity index (χ4v) is 4.01. The van der Waals surface area contributed by atoms with E-state index in [0.29, 0.717) is 16.7 Å². The predicted octanol–water partition coefficient (Wildman–Crippen LogP) is 2.27. The Morgan fingerprint density at radius 3 is 2.14 bits per heavy atom. The van der Waals surface area contributed by atoms with Crippen molar-refractivity contribution in [3.63, 3.8) is 0 Å². The summed E-state index contributed by atoms with van der Waals surface area (Å²) < 4.78 is 11.8. The highest BCUT2D eigenvalue weighted by Crippen LogP contribution is 2.57. The molecule has 8 nitrogen and oxygen atoms in total. The summed E-state index contributed by atoms with van der Waals surface area (Å²) in [7, 11) is 0. The molecule has 1 amide bonds. The number of hydrogen-bond acceptors (Lipinski definition) is 7. The molecule has 0 saturated carbocycles. The van der Waals surface area contributed by atoms with Gasteiger partial charge in [-0.3, -0.25) is 10.2 Å². The van der Waals surface area contributed by atoms with E-state index in [4.69, 9.17) is 15.3 Å². The van der Waals surface area contributed by atoms with Gasteiger partial charge in [0.1, 0.15) is 23.0 Å². The monoisotopic (exact) mass is 390 g/mol. The van der Waals surface area contributed by atoms with Gasteiger partial charge in [-0.25, -0.2) is 10.6 Å². The number of phenols is 2. The molecule has 5 rings (SSSR count). The van der Waals surface area contributed by atoms with Crippen molar-refractivity contribution in [3.8, 4) is 23.0 Å². The van der Waals surface area contributed by atoms with Crippen LogP contribution in [0.4, 0.5) is 0 Å². The van der Waals surface area contributed by atoms with Crippen molar-refractivity contribution in [3.05, 3.63) is 82.4 Å². The minimum Gasteiger partial charge on any atom is -0.508 e. The second-order valence-corrected chi connectivity index (χ2v) is 6.74. The number of hydrogen-bond donors (Lipinski definition) is 4. The standard InChI is InChI=1S/C21H14N2O6/c22-23-19(26)12-2-1-3-15-18(12)20(27)29-21(15)13-6-4-10(24)8-16(13)28-17-9-11(25)5-7-14(17)21/h1-9,24-25H,22H2,(H,23,26). The second kappa shape index (κ2) is 5.73. The van der Waals surface area contributed by atoms with Crippen molar-refractivity contribution >= 4 is 11.9 Å². The molecule has 0 bridgehead atoms. The van der Waals surface area contributed by atoms with Gasteiger partial charge in [0.05, 0.1) is 11.1 Å². The Balaban J connectivity index is 1.89. The highest BCUT2D eigenvalue weighted by molar-refractivity contribution is 6.08. The Morgan fingerprint density at radius 2 is 1.55 bits per heavy atom. The number of fused-ring (bicyclic) bond motifs is 6. The van der Waals surface area contributed by atoms with Crippen molar-refractivity contribution < 1.29 is 29.3 Å². The zero-order valence-corrected chi connectivity index (χ0v) is 14.8. The van der Waals surface area contributed by atoms with Gasteiger partial charge in [0.15, 0.2) is 5.60 Å². The van der Waals surface area contributed by atoms with Gasteiger partial charge in [-0.15, -0.1) is 0 Å². The van der Waals surface area contributed by atoms with Crippen LogP contribution in [0.3, 0.4) is 0 Å². The Morgan fingerprint density at radius 1 is 0.931 bits per heavy atom. The normalized spacial score (nSPS) is 15.0. The summed E-state index contributed by atoms with van der Waals surface area (Å²) in [4.78, 5) is 25.2. The van der Waals surface area contributed by atoms with E-state index < -0.39 is 17.5 Å². The van der Waals surface area contributed by atoms with Gasteiger partial charge < -0.3 is 19.7 Å². The van der Waals surface area contributed by atoms with Crippen LogP contribution in [-0.2, 0) is 10.3 Å². The quantitative estimate of drug-likeness (QED) is 0.217. The number of hydrazine groups is 1. The first-order chi connectivity index (χ1) is 14.0. The van der Waals surface area contributed by atoms with Gasteiger partial charge in [0, 0.05) is 28.8 Å². The Kier molecular flexibility index (Phi) is 3.37. The SMILES string of the molecule is NNC(=O)c1cccc2c1C(=O)OC21c2ccc(O)cc2Oc2cc(O)ccc21. The number of nitrogens with two attached hydrogens (primary N) is 1. The first-order valence-electron chi connectivity index (χ1n) is 8.68. The van der Waals surface area contributed by atoms with Crippen LogP contribution in [0.15, 0.2) is 54.6 Å². The van der Waals surface area contributed by atoms with Gasteiger partial charge in [-0.2, -0.15) is 0 Å². The molecular weight excluding hydrogens is 376 g/mol. The third kappa shape index (κ3) is 2.17. The summed E-state index contributed by atoms with van der Waals surface area (Å²) in [5.41, 5.74) is 2.19.